The third kappa shape index (κ3) is 5.10. The van der Waals surface area contributed by atoms with E-state index in [1.54, 1.807) is 48.5 Å². The van der Waals surface area contributed by atoms with Gasteiger partial charge in [-0.15, -0.1) is 0 Å². The van der Waals surface area contributed by atoms with E-state index in [9.17, 15) is 4.79 Å². The first kappa shape index (κ1) is 20.8. The Hall–Kier alpha value is -2.96. The van der Waals surface area contributed by atoms with E-state index in [2.05, 4.69) is 5.32 Å². The molecule has 0 unspecified atom stereocenters. The Morgan fingerprint density at radius 1 is 1.03 bits per heavy atom. The number of hydrogen-bond acceptors (Lipinski definition) is 5. The van der Waals surface area contributed by atoms with Crippen LogP contribution in [0.4, 0.5) is 5.69 Å². The first-order valence-electron chi connectivity index (χ1n) is 9.25. The molecule has 1 aromatic heterocycles. The molecule has 0 radical (unpaired) electrons. The van der Waals surface area contributed by atoms with Crippen LogP contribution in [0.1, 0.15) is 30.0 Å². The Morgan fingerprint density at radius 2 is 1.72 bits per heavy atom. The lowest BCUT2D eigenvalue weighted by atomic mass is 10.1. The lowest BCUT2D eigenvalue weighted by molar-refractivity contribution is 0.102. The van der Waals surface area contributed by atoms with E-state index in [0.717, 1.165) is 0 Å². The average molecular weight is 416 g/mol. The highest BCUT2D eigenvalue weighted by atomic mass is 35.5. The Bertz CT molecular complexity index is 974. The summed E-state index contributed by atoms with van der Waals surface area (Å²) in [5.74, 6) is 1.82. The van der Waals surface area contributed by atoms with Crippen molar-refractivity contribution in [1.29, 1.82) is 0 Å². The fourth-order valence-electron chi connectivity index (χ4n) is 2.81. The Morgan fingerprint density at radius 3 is 2.28 bits per heavy atom. The summed E-state index contributed by atoms with van der Waals surface area (Å²) in [6.45, 7) is 4.53. The van der Waals surface area contributed by atoms with Crippen LogP contribution >= 0.6 is 11.6 Å². The van der Waals surface area contributed by atoms with Gasteiger partial charge in [0.25, 0.3) is 5.91 Å². The summed E-state index contributed by atoms with van der Waals surface area (Å²) in [4.78, 5) is 12.7. The van der Waals surface area contributed by atoms with E-state index < -0.39 is 0 Å². The number of halogens is 1. The number of rotatable bonds is 8. The van der Waals surface area contributed by atoms with Gasteiger partial charge in [-0.1, -0.05) is 11.6 Å². The van der Waals surface area contributed by atoms with Crippen molar-refractivity contribution < 1.29 is 23.8 Å². The zero-order valence-electron chi connectivity index (χ0n) is 16.2. The van der Waals surface area contributed by atoms with Gasteiger partial charge in [0.05, 0.1) is 18.2 Å². The van der Waals surface area contributed by atoms with Crippen molar-refractivity contribution in [3.63, 3.8) is 0 Å². The smallest absolute Gasteiger partial charge is 0.255 e. The maximum absolute atomic E-state index is 12.7. The largest absolute Gasteiger partial charge is 0.494 e. The number of amides is 1. The van der Waals surface area contributed by atoms with Crippen LogP contribution in [-0.4, -0.2) is 24.2 Å². The van der Waals surface area contributed by atoms with E-state index in [1.165, 1.54) is 0 Å². The van der Waals surface area contributed by atoms with Gasteiger partial charge in [-0.2, -0.15) is 0 Å². The molecule has 3 aromatic rings. The average Bonchev–Trinajstić information content (AvgIpc) is 3.17. The lowest BCUT2D eigenvalue weighted by Crippen LogP contribution is -2.12. The topological polar surface area (TPSA) is 80.9 Å². The number of hydrogen-bond donors (Lipinski definition) is 2. The van der Waals surface area contributed by atoms with Gasteiger partial charge < -0.3 is 24.3 Å². The van der Waals surface area contributed by atoms with Gasteiger partial charge in [0, 0.05) is 22.9 Å². The van der Waals surface area contributed by atoms with Crippen LogP contribution in [0.15, 0.2) is 52.9 Å². The van der Waals surface area contributed by atoms with Crippen LogP contribution < -0.4 is 14.8 Å². The summed E-state index contributed by atoms with van der Waals surface area (Å²) in [6.07, 6.45) is 0. The first-order valence-corrected chi connectivity index (χ1v) is 9.63. The monoisotopic (exact) mass is 415 g/mol. The molecule has 29 heavy (non-hydrogen) atoms. The van der Waals surface area contributed by atoms with Gasteiger partial charge in [0.2, 0.25) is 0 Å². The second-order valence-corrected chi connectivity index (χ2v) is 6.54. The highest BCUT2D eigenvalue weighted by Crippen LogP contribution is 2.32. The highest BCUT2D eigenvalue weighted by molar-refractivity contribution is 6.33. The number of carbonyl (C=O) groups is 1. The molecule has 2 N–H and O–H groups in total. The lowest BCUT2D eigenvalue weighted by Gasteiger charge is -2.12. The molecule has 0 aliphatic heterocycles. The SMILES string of the molecule is CCOc1cc(OCC)cc(C(=O)Nc2ccc(-c3ccc(CO)o3)c(Cl)c2)c1. The summed E-state index contributed by atoms with van der Waals surface area (Å²) < 4.78 is 16.6. The van der Waals surface area contributed by atoms with Gasteiger partial charge >= 0.3 is 0 Å². The fourth-order valence-corrected chi connectivity index (χ4v) is 3.08. The third-order valence-electron chi connectivity index (χ3n) is 4.07. The Balaban J connectivity index is 1.80. The minimum absolute atomic E-state index is 0.184. The van der Waals surface area contributed by atoms with Crippen LogP contribution in [0.3, 0.4) is 0 Å². The molecule has 0 saturated carbocycles. The molecule has 7 heteroatoms. The van der Waals surface area contributed by atoms with Gasteiger partial charge in [-0.05, 0) is 56.3 Å². The van der Waals surface area contributed by atoms with Crippen molar-refractivity contribution in [2.75, 3.05) is 18.5 Å². The van der Waals surface area contributed by atoms with Crippen LogP contribution in [0.5, 0.6) is 11.5 Å². The van der Waals surface area contributed by atoms with Crippen LogP contribution in [-0.2, 0) is 6.61 Å². The predicted octanol–water partition coefficient (Wildman–Crippen LogP) is 5.14. The standard InChI is InChI=1S/C22H22ClNO5/c1-3-27-17-9-14(10-18(12-17)28-4-2)22(26)24-15-5-7-19(20(23)11-15)21-8-6-16(13-25)29-21/h5-12,25H,3-4,13H2,1-2H3,(H,24,26). The maximum Gasteiger partial charge on any atom is 0.255 e. The van der Waals surface area contributed by atoms with Crippen molar-refractivity contribution in [3.05, 3.63) is 64.9 Å². The van der Waals surface area contributed by atoms with E-state index in [0.29, 0.717) is 58.1 Å². The highest BCUT2D eigenvalue weighted by Gasteiger charge is 2.13. The van der Waals surface area contributed by atoms with Crippen molar-refractivity contribution in [2.24, 2.45) is 0 Å². The summed E-state index contributed by atoms with van der Waals surface area (Å²) >= 11 is 6.36. The zero-order chi connectivity index (χ0) is 20.8. The summed E-state index contributed by atoms with van der Waals surface area (Å²) in [7, 11) is 0. The minimum Gasteiger partial charge on any atom is -0.494 e. The number of ether oxygens (including phenoxy) is 2. The molecule has 0 bridgehead atoms. The number of nitrogens with one attached hydrogen (secondary N) is 1. The van der Waals surface area contributed by atoms with Gasteiger partial charge in [-0.25, -0.2) is 0 Å². The summed E-state index contributed by atoms with van der Waals surface area (Å²) in [6, 6.07) is 13.6. The van der Waals surface area contributed by atoms with E-state index in [1.807, 2.05) is 13.8 Å². The number of carbonyl (C=O) groups excluding carboxylic acids is 1. The first-order chi connectivity index (χ1) is 14.0. The molecule has 152 valence electrons. The molecule has 0 atom stereocenters. The Labute approximate surface area is 174 Å². The fraction of sp³-hybridized carbons (Fsp3) is 0.227. The summed E-state index contributed by atoms with van der Waals surface area (Å²) in [5, 5.41) is 12.4. The van der Waals surface area contributed by atoms with E-state index >= 15 is 0 Å². The number of benzene rings is 2. The molecular formula is C22H22ClNO5. The molecule has 3 rings (SSSR count). The minimum atomic E-state index is -0.308. The maximum atomic E-state index is 12.7. The second-order valence-electron chi connectivity index (χ2n) is 6.13. The van der Waals surface area contributed by atoms with Gasteiger partial charge in [0.15, 0.2) is 0 Å². The molecule has 0 aliphatic carbocycles. The molecule has 0 fully saturated rings. The third-order valence-corrected chi connectivity index (χ3v) is 4.39. The molecule has 0 spiro atoms. The van der Waals surface area contributed by atoms with E-state index in [4.69, 9.17) is 30.6 Å². The Kier molecular flexibility index (Phi) is 6.80. The van der Waals surface area contributed by atoms with Crippen molar-refractivity contribution >= 4 is 23.2 Å². The molecule has 0 saturated heterocycles. The van der Waals surface area contributed by atoms with Crippen LogP contribution in [0.2, 0.25) is 5.02 Å². The molecule has 1 amide bonds. The van der Waals surface area contributed by atoms with Gasteiger partial charge in [0.1, 0.15) is 29.6 Å². The van der Waals surface area contributed by atoms with E-state index in [-0.39, 0.29) is 12.5 Å². The predicted molar refractivity (Wildman–Crippen MR) is 112 cm³/mol. The van der Waals surface area contributed by atoms with Crippen LogP contribution in [0.25, 0.3) is 11.3 Å². The zero-order valence-corrected chi connectivity index (χ0v) is 17.0. The summed E-state index contributed by atoms with van der Waals surface area (Å²) in [5.41, 5.74) is 1.62. The molecule has 6 nitrogen and oxygen atoms in total. The van der Waals surface area contributed by atoms with Crippen molar-refractivity contribution in [3.8, 4) is 22.8 Å². The molecule has 1 heterocycles. The number of aliphatic hydroxyl groups is 1. The van der Waals surface area contributed by atoms with Crippen molar-refractivity contribution in [1.82, 2.24) is 0 Å². The normalized spacial score (nSPS) is 10.6. The molecule has 2 aromatic carbocycles. The van der Waals surface area contributed by atoms with Crippen molar-refractivity contribution in [2.45, 2.75) is 20.5 Å². The number of aliphatic hydroxyl groups excluding tert-OH is 1. The molecule has 0 aliphatic rings. The second kappa shape index (κ2) is 9.49. The van der Waals surface area contributed by atoms with Gasteiger partial charge in [-0.3, -0.25) is 4.79 Å². The quantitative estimate of drug-likeness (QED) is 0.532. The molecular weight excluding hydrogens is 394 g/mol. The number of anilines is 1. The number of furan rings is 1. The van der Waals surface area contributed by atoms with Crippen LogP contribution in [0, 0.1) is 0 Å².